The number of esters is 1. The highest BCUT2D eigenvalue weighted by molar-refractivity contribution is 7.20. The number of hydrogen-bond donors (Lipinski definition) is 1. The van der Waals surface area contributed by atoms with E-state index in [0.29, 0.717) is 15.5 Å². The lowest BCUT2D eigenvalue weighted by Crippen LogP contribution is -2.15. The third-order valence-corrected chi connectivity index (χ3v) is 4.46. The number of halogens is 1. The van der Waals surface area contributed by atoms with Crippen molar-refractivity contribution in [2.24, 2.45) is 0 Å². The fourth-order valence-electron chi connectivity index (χ4n) is 1.84. The number of aryl methyl sites for hydroxylation is 1. The van der Waals surface area contributed by atoms with Crippen LogP contribution in [-0.4, -0.2) is 29.1 Å². The standard InChI is InChI=1S/C13H16ClN3O2S/c1-5-6(2)15-10-8-7(3)9(12(18)19-4)20-11(8)17-13(14)16-10/h6H,5H2,1-4H3,(H,15,16,17). The number of carbonyl (C=O) groups is 1. The summed E-state index contributed by atoms with van der Waals surface area (Å²) in [5.41, 5.74) is 0.819. The largest absolute Gasteiger partial charge is 0.465 e. The van der Waals surface area contributed by atoms with E-state index < -0.39 is 0 Å². The predicted octanol–water partition coefficient (Wildman–Crippen LogP) is 3.65. The highest BCUT2D eigenvalue weighted by Crippen LogP contribution is 2.35. The van der Waals surface area contributed by atoms with Gasteiger partial charge in [-0.2, -0.15) is 0 Å². The van der Waals surface area contributed by atoms with Crippen molar-refractivity contribution >= 4 is 44.9 Å². The van der Waals surface area contributed by atoms with Crippen molar-refractivity contribution in [3.63, 3.8) is 0 Å². The zero-order valence-corrected chi connectivity index (χ0v) is 13.4. The van der Waals surface area contributed by atoms with Gasteiger partial charge in [0.05, 0.1) is 12.5 Å². The van der Waals surface area contributed by atoms with E-state index in [1.165, 1.54) is 18.4 Å². The quantitative estimate of drug-likeness (QED) is 0.689. The molecule has 2 aromatic heterocycles. The van der Waals surface area contributed by atoms with E-state index in [0.717, 1.165) is 17.4 Å². The Balaban J connectivity index is 2.62. The van der Waals surface area contributed by atoms with Gasteiger partial charge in [0.1, 0.15) is 15.5 Å². The lowest BCUT2D eigenvalue weighted by molar-refractivity contribution is 0.0605. The molecule has 0 aliphatic carbocycles. The highest BCUT2D eigenvalue weighted by atomic mass is 35.5. The van der Waals surface area contributed by atoms with Crippen LogP contribution in [-0.2, 0) is 4.74 Å². The first-order valence-corrected chi connectivity index (χ1v) is 7.48. The number of anilines is 1. The van der Waals surface area contributed by atoms with Gasteiger partial charge in [-0.1, -0.05) is 6.92 Å². The van der Waals surface area contributed by atoms with Gasteiger partial charge in [0.15, 0.2) is 0 Å². The molecule has 2 aromatic rings. The Bertz CT molecular complexity index is 657. The van der Waals surface area contributed by atoms with Crippen LogP contribution in [0, 0.1) is 6.92 Å². The van der Waals surface area contributed by atoms with Gasteiger partial charge in [0, 0.05) is 6.04 Å². The molecule has 0 spiro atoms. The van der Waals surface area contributed by atoms with Crippen molar-refractivity contribution in [1.29, 1.82) is 0 Å². The number of fused-ring (bicyclic) bond motifs is 1. The number of carbonyl (C=O) groups excluding carboxylic acids is 1. The van der Waals surface area contributed by atoms with Crippen LogP contribution in [0.15, 0.2) is 0 Å². The fourth-order valence-corrected chi connectivity index (χ4v) is 3.16. The lowest BCUT2D eigenvalue weighted by atomic mass is 10.2. The van der Waals surface area contributed by atoms with E-state index in [9.17, 15) is 4.79 Å². The molecule has 0 bridgehead atoms. The Morgan fingerprint density at radius 2 is 2.20 bits per heavy atom. The second-order valence-corrected chi connectivity index (χ2v) is 5.86. The maximum Gasteiger partial charge on any atom is 0.348 e. The molecule has 0 saturated heterocycles. The second kappa shape index (κ2) is 5.93. The minimum Gasteiger partial charge on any atom is -0.465 e. The van der Waals surface area contributed by atoms with Gasteiger partial charge in [-0.15, -0.1) is 11.3 Å². The van der Waals surface area contributed by atoms with Crippen molar-refractivity contribution in [2.45, 2.75) is 33.2 Å². The van der Waals surface area contributed by atoms with E-state index in [-0.39, 0.29) is 17.3 Å². The second-order valence-electron chi connectivity index (χ2n) is 4.52. The number of methoxy groups -OCH3 is 1. The Morgan fingerprint density at radius 3 is 2.80 bits per heavy atom. The zero-order chi connectivity index (χ0) is 14.9. The summed E-state index contributed by atoms with van der Waals surface area (Å²) in [6.45, 7) is 6.01. The summed E-state index contributed by atoms with van der Waals surface area (Å²) in [4.78, 5) is 21.4. The molecule has 1 N–H and O–H groups in total. The molecular weight excluding hydrogens is 298 g/mol. The summed E-state index contributed by atoms with van der Waals surface area (Å²) in [6, 6.07) is 0.255. The molecule has 2 rings (SSSR count). The maximum absolute atomic E-state index is 11.8. The predicted molar refractivity (Wildman–Crippen MR) is 81.9 cm³/mol. The zero-order valence-electron chi connectivity index (χ0n) is 11.8. The molecule has 0 aromatic carbocycles. The van der Waals surface area contributed by atoms with Gasteiger partial charge in [0.2, 0.25) is 5.28 Å². The summed E-state index contributed by atoms with van der Waals surface area (Å²) in [7, 11) is 1.36. The average Bonchev–Trinajstić information content (AvgIpc) is 2.74. The van der Waals surface area contributed by atoms with E-state index in [1.807, 2.05) is 6.92 Å². The molecule has 0 fully saturated rings. The van der Waals surface area contributed by atoms with Gasteiger partial charge in [-0.05, 0) is 37.4 Å². The van der Waals surface area contributed by atoms with Crippen molar-refractivity contribution in [3.8, 4) is 0 Å². The normalized spacial score (nSPS) is 12.4. The fraction of sp³-hybridized carbons (Fsp3) is 0.462. The lowest BCUT2D eigenvalue weighted by Gasteiger charge is -2.13. The van der Waals surface area contributed by atoms with Gasteiger partial charge in [0.25, 0.3) is 0 Å². The molecule has 0 aliphatic heterocycles. The van der Waals surface area contributed by atoms with Crippen LogP contribution in [0.25, 0.3) is 10.2 Å². The average molecular weight is 314 g/mol. The number of nitrogens with one attached hydrogen (secondary N) is 1. The molecule has 0 saturated carbocycles. The number of aromatic nitrogens is 2. The van der Waals surface area contributed by atoms with Crippen LogP contribution in [0.1, 0.15) is 35.5 Å². The van der Waals surface area contributed by atoms with Gasteiger partial charge in [-0.3, -0.25) is 0 Å². The van der Waals surface area contributed by atoms with E-state index >= 15 is 0 Å². The Kier molecular flexibility index (Phi) is 4.45. The molecule has 7 heteroatoms. The van der Waals surface area contributed by atoms with Crippen LogP contribution in [0.3, 0.4) is 0 Å². The van der Waals surface area contributed by atoms with Gasteiger partial charge < -0.3 is 10.1 Å². The molecule has 0 aliphatic rings. The summed E-state index contributed by atoms with van der Waals surface area (Å²) >= 11 is 7.22. The summed E-state index contributed by atoms with van der Waals surface area (Å²) in [5, 5.41) is 4.31. The minimum atomic E-state index is -0.365. The molecule has 1 unspecified atom stereocenters. The summed E-state index contributed by atoms with van der Waals surface area (Å²) in [5.74, 6) is 0.300. The number of nitrogens with zero attached hydrogens (tertiary/aromatic N) is 2. The highest BCUT2D eigenvalue weighted by Gasteiger charge is 2.21. The van der Waals surface area contributed by atoms with E-state index in [1.54, 1.807) is 0 Å². The first kappa shape index (κ1) is 15.0. The van der Waals surface area contributed by atoms with Crippen molar-refractivity contribution < 1.29 is 9.53 Å². The Morgan fingerprint density at radius 1 is 1.50 bits per heavy atom. The number of rotatable bonds is 4. The SMILES string of the molecule is CCC(C)Nc1nc(Cl)nc2sc(C(=O)OC)c(C)c12. The first-order chi connectivity index (χ1) is 9.47. The Hall–Kier alpha value is -1.40. The minimum absolute atomic E-state index is 0.168. The van der Waals surface area contributed by atoms with Crippen LogP contribution < -0.4 is 5.32 Å². The maximum atomic E-state index is 11.8. The number of hydrogen-bond acceptors (Lipinski definition) is 6. The third kappa shape index (κ3) is 2.71. The summed E-state index contributed by atoms with van der Waals surface area (Å²) in [6.07, 6.45) is 0.955. The molecule has 2 heterocycles. The van der Waals surface area contributed by atoms with Crippen molar-refractivity contribution in [1.82, 2.24) is 9.97 Å². The molecule has 5 nitrogen and oxygen atoms in total. The van der Waals surface area contributed by atoms with E-state index in [4.69, 9.17) is 16.3 Å². The topological polar surface area (TPSA) is 64.1 Å². The van der Waals surface area contributed by atoms with Gasteiger partial charge >= 0.3 is 5.97 Å². The molecule has 20 heavy (non-hydrogen) atoms. The van der Waals surface area contributed by atoms with Crippen molar-refractivity contribution in [3.05, 3.63) is 15.7 Å². The molecule has 0 amide bonds. The number of ether oxygens (including phenoxy) is 1. The molecule has 0 radical (unpaired) electrons. The Labute approximate surface area is 126 Å². The molecule has 1 atom stereocenters. The van der Waals surface area contributed by atoms with Gasteiger partial charge in [-0.25, -0.2) is 14.8 Å². The van der Waals surface area contributed by atoms with E-state index in [2.05, 4.69) is 29.1 Å². The first-order valence-electron chi connectivity index (χ1n) is 6.29. The summed E-state index contributed by atoms with van der Waals surface area (Å²) < 4.78 is 4.79. The third-order valence-electron chi connectivity index (χ3n) is 3.13. The van der Waals surface area contributed by atoms with Crippen LogP contribution in [0.2, 0.25) is 5.28 Å². The molecular formula is C13H16ClN3O2S. The monoisotopic (exact) mass is 313 g/mol. The van der Waals surface area contributed by atoms with Crippen LogP contribution in [0.4, 0.5) is 5.82 Å². The van der Waals surface area contributed by atoms with Crippen molar-refractivity contribution in [2.75, 3.05) is 12.4 Å². The van der Waals surface area contributed by atoms with Crippen LogP contribution >= 0.6 is 22.9 Å². The molecule has 108 valence electrons. The van der Waals surface area contributed by atoms with Crippen LogP contribution in [0.5, 0.6) is 0 Å². The smallest absolute Gasteiger partial charge is 0.348 e. The number of thiophene rings is 1.